The van der Waals surface area contributed by atoms with Gasteiger partial charge in [0.15, 0.2) is 0 Å². The molecule has 0 saturated carbocycles. The number of rotatable bonds is 3. The molecule has 0 aliphatic carbocycles. The minimum absolute atomic E-state index is 0.0453. The molecule has 2 aromatic rings. The summed E-state index contributed by atoms with van der Waals surface area (Å²) in [6.07, 6.45) is 0.915. The van der Waals surface area contributed by atoms with E-state index >= 15 is 0 Å². The van der Waals surface area contributed by atoms with Crippen LogP contribution in [0.15, 0.2) is 24.3 Å². The number of likely N-dealkylation sites (N-methyl/N-ethyl adjacent to an activating group) is 1. The molecule has 1 unspecified atom stereocenters. The van der Waals surface area contributed by atoms with Crippen molar-refractivity contribution in [1.29, 1.82) is 5.26 Å². The Kier molecular flexibility index (Phi) is 3.61. The molecular formula is C15H14N4O3. The van der Waals surface area contributed by atoms with Gasteiger partial charge in [0, 0.05) is 31.2 Å². The van der Waals surface area contributed by atoms with Gasteiger partial charge in [0.05, 0.1) is 34.7 Å². The van der Waals surface area contributed by atoms with Gasteiger partial charge in [0.25, 0.3) is 5.69 Å². The summed E-state index contributed by atoms with van der Waals surface area (Å²) in [7, 11) is 1.92. The van der Waals surface area contributed by atoms with Crippen LogP contribution in [-0.4, -0.2) is 36.2 Å². The Hall–Kier alpha value is -2.72. The number of aromatic nitrogens is 1. The molecule has 1 aliphatic heterocycles. The van der Waals surface area contributed by atoms with Crippen molar-refractivity contribution in [3.05, 3.63) is 39.9 Å². The smallest absolute Gasteiger partial charge is 0.270 e. The van der Waals surface area contributed by atoms with Crippen LogP contribution in [0.4, 0.5) is 11.5 Å². The van der Waals surface area contributed by atoms with Crippen molar-refractivity contribution in [3.8, 4) is 6.07 Å². The fourth-order valence-corrected chi connectivity index (χ4v) is 2.60. The maximum Gasteiger partial charge on any atom is 0.270 e. The molecule has 7 nitrogen and oxygen atoms in total. The number of hydrogen-bond donors (Lipinski definition) is 0. The monoisotopic (exact) mass is 298 g/mol. The minimum atomic E-state index is -0.476. The molecule has 0 amide bonds. The van der Waals surface area contributed by atoms with Gasteiger partial charge in [-0.15, -0.1) is 0 Å². The van der Waals surface area contributed by atoms with E-state index in [9.17, 15) is 15.4 Å². The average molecular weight is 298 g/mol. The number of nitrogens with zero attached hydrogens (tertiary/aromatic N) is 4. The van der Waals surface area contributed by atoms with Crippen molar-refractivity contribution >= 4 is 22.4 Å². The van der Waals surface area contributed by atoms with E-state index in [2.05, 4.69) is 11.1 Å². The second-order valence-corrected chi connectivity index (χ2v) is 5.23. The van der Waals surface area contributed by atoms with Crippen LogP contribution in [0.2, 0.25) is 0 Å². The van der Waals surface area contributed by atoms with Gasteiger partial charge in [-0.3, -0.25) is 10.1 Å². The van der Waals surface area contributed by atoms with Crippen LogP contribution >= 0.6 is 0 Å². The van der Waals surface area contributed by atoms with Gasteiger partial charge in [-0.05, 0) is 18.6 Å². The van der Waals surface area contributed by atoms with Gasteiger partial charge >= 0.3 is 0 Å². The molecule has 0 N–H and O–H groups in total. The first kappa shape index (κ1) is 14.2. The van der Waals surface area contributed by atoms with Crippen molar-refractivity contribution in [2.75, 3.05) is 25.2 Å². The number of nitro benzene ring substituents is 1. The maximum atomic E-state index is 10.9. The van der Waals surface area contributed by atoms with E-state index in [1.807, 2.05) is 11.9 Å². The molecule has 2 heterocycles. The van der Waals surface area contributed by atoms with E-state index in [0.717, 1.165) is 13.0 Å². The van der Waals surface area contributed by atoms with E-state index in [1.165, 1.54) is 12.1 Å². The Morgan fingerprint density at radius 3 is 2.95 bits per heavy atom. The molecule has 112 valence electrons. The van der Waals surface area contributed by atoms with E-state index < -0.39 is 4.92 Å². The standard InChI is InChI=1S/C15H14N4O3/c1-18(12-4-5-22-9-12)15-6-10(8-16)13-7-11(19(20)21)2-3-14(13)17-15/h2-3,6-7,12H,4-5,9H2,1H3. The van der Waals surface area contributed by atoms with Crippen molar-refractivity contribution < 1.29 is 9.66 Å². The first-order valence-electron chi connectivity index (χ1n) is 6.90. The Labute approximate surface area is 126 Å². The zero-order valence-corrected chi connectivity index (χ0v) is 12.0. The third kappa shape index (κ3) is 2.44. The Balaban J connectivity index is 2.09. The summed E-state index contributed by atoms with van der Waals surface area (Å²) in [6.45, 7) is 1.36. The zero-order valence-electron chi connectivity index (χ0n) is 12.0. The molecule has 1 aromatic carbocycles. The van der Waals surface area contributed by atoms with Gasteiger partial charge in [0.1, 0.15) is 5.82 Å². The highest BCUT2D eigenvalue weighted by Crippen LogP contribution is 2.27. The summed E-state index contributed by atoms with van der Waals surface area (Å²) in [5.74, 6) is 0.674. The van der Waals surface area contributed by atoms with Gasteiger partial charge in [-0.1, -0.05) is 0 Å². The topological polar surface area (TPSA) is 92.3 Å². The van der Waals surface area contributed by atoms with Crippen LogP contribution < -0.4 is 4.90 Å². The fraction of sp³-hybridized carbons (Fsp3) is 0.333. The highest BCUT2D eigenvalue weighted by Gasteiger charge is 2.22. The Morgan fingerprint density at radius 2 is 2.32 bits per heavy atom. The molecule has 1 saturated heterocycles. The first-order chi connectivity index (χ1) is 10.6. The van der Waals surface area contributed by atoms with E-state index in [-0.39, 0.29) is 11.7 Å². The Bertz CT molecular complexity index is 778. The summed E-state index contributed by atoms with van der Waals surface area (Å²) in [5, 5.41) is 20.7. The quantitative estimate of drug-likeness (QED) is 0.637. The predicted octanol–water partition coefficient (Wildman–Crippen LogP) is 2.24. The van der Waals surface area contributed by atoms with Crippen molar-refractivity contribution in [1.82, 2.24) is 4.98 Å². The highest BCUT2D eigenvalue weighted by molar-refractivity contribution is 5.88. The summed E-state index contributed by atoms with van der Waals surface area (Å²) < 4.78 is 5.38. The highest BCUT2D eigenvalue weighted by atomic mass is 16.6. The van der Waals surface area contributed by atoms with Crippen LogP contribution in [0.1, 0.15) is 12.0 Å². The van der Waals surface area contributed by atoms with Crippen LogP contribution in [0.5, 0.6) is 0 Å². The number of pyridine rings is 1. The van der Waals surface area contributed by atoms with Crippen LogP contribution in [0.25, 0.3) is 10.9 Å². The second-order valence-electron chi connectivity index (χ2n) is 5.23. The summed E-state index contributed by atoms with van der Waals surface area (Å²) in [5.41, 5.74) is 0.913. The first-order valence-corrected chi connectivity index (χ1v) is 6.90. The largest absolute Gasteiger partial charge is 0.379 e. The molecule has 1 aromatic heterocycles. The van der Waals surface area contributed by atoms with E-state index in [4.69, 9.17) is 4.74 Å². The van der Waals surface area contributed by atoms with E-state index in [1.54, 1.807) is 12.1 Å². The predicted molar refractivity (Wildman–Crippen MR) is 80.7 cm³/mol. The molecule has 22 heavy (non-hydrogen) atoms. The van der Waals surface area contributed by atoms with Gasteiger partial charge in [0.2, 0.25) is 0 Å². The second kappa shape index (κ2) is 5.58. The lowest BCUT2D eigenvalue weighted by molar-refractivity contribution is -0.384. The number of nitro groups is 1. The van der Waals surface area contributed by atoms with Crippen LogP contribution in [-0.2, 0) is 4.74 Å². The third-order valence-corrected chi connectivity index (χ3v) is 3.92. The third-order valence-electron chi connectivity index (χ3n) is 3.92. The fourth-order valence-electron chi connectivity index (χ4n) is 2.60. The summed E-state index contributed by atoms with van der Waals surface area (Å²) >= 11 is 0. The molecule has 0 bridgehead atoms. The molecule has 1 atom stereocenters. The zero-order chi connectivity index (χ0) is 15.7. The van der Waals surface area contributed by atoms with Gasteiger partial charge in [-0.2, -0.15) is 5.26 Å². The molecule has 1 aliphatic rings. The summed E-state index contributed by atoms with van der Waals surface area (Å²) in [6, 6.07) is 8.38. The molecule has 7 heteroatoms. The van der Waals surface area contributed by atoms with Crippen molar-refractivity contribution in [3.63, 3.8) is 0 Å². The van der Waals surface area contributed by atoms with Gasteiger partial charge in [-0.25, -0.2) is 4.98 Å². The average Bonchev–Trinajstić information content (AvgIpc) is 3.06. The van der Waals surface area contributed by atoms with Crippen LogP contribution in [0.3, 0.4) is 0 Å². The maximum absolute atomic E-state index is 10.9. The van der Waals surface area contributed by atoms with E-state index in [0.29, 0.717) is 28.9 Å². The van der Waals surface area contributed by atoms with Gasteiger partial charge < -0.3 is 9.64 Å². The van der Waals surface area contributed by atoms with Crippen LogP contribution in [0, 0.1) is 21.4 Å². The van der Waals surface area contributed by atoms with Crippen molar-refractivity contribution in [2.24, 2.45) is 0 Å². The normalized spacial score (nSPS) is 17.4. The molecule has 3 rings (SSSR count). The van der Waals surface area contributed by atoms with Crippen molar-refractivity contribution in [2.45, 2.75) is 12.5 Å². The lowest BCUT2D eigenvalue weighted by atomic mass is 10.1. The number of nitriles is 1. The minimum Gasteiger partial charge on any atom is -0.379 e. The number of benzene rings is 1. The summed E-state index contributed by atoms with van der Waals surface area (Å²) in [4.78, 5) is 16.9. The molecule has 1 fully saturated rings. The number of fused-ring (bicyclic) bond motifs is 1. The Morgan fingerprint density at radius 1 is 1.50 bits per heavy atom. The lowest BCUT2D eigenvalue weighted by Crippen LogP contribution is -2.32. The molecular weight excluding hydrogens is 284 g/mol. The number of anilines is 1. The number of non-ortho nitro benzene ring substituents is 1. The number of ether oxygens (including phenoxy) is 1. The lowest BCUT2D eigenvalue weighted by Gasteiger charge is -2.24. The molecule has 0 radical (unpaired) electrons. The number of hydrogen-bond acceptors (Lipinski definition) is 6. The SMILES string of the molecule is CN(c1cc(C#N)c2cc([N+](=O)[O-])ccc2n1)C1CCOC1. The molecule has 0 spiro atoms.